The summed E-state index contributed by atoms with van der Waals surface area (Å²) in [7, 11) is 1.93. The van der Waals surface area contributed by atoms with Crippen LogP contribution in [0.2, 0.25) is 0 Å². The Morgan fingerprint density at radius 2 is 2.19 bits per heavy atom. The highest BCUT2D eigenvalue weighted by atomic mass is 79.9. The Morgan fingerprint density at radius 1 is 1.48 bits per heavy atom. The van der Waals surface area contributed by atoms with Gasteiger partial charge in [0.1, 0.15) is 5.76 Å². The smallest absolute Gasteiger partial charge is 0.234 e. The highest BCUT2D eigenvalue weighted by Crippen LogP contribution is 2.15. The summed E-state index contributed by atoms with van der Waals surface area (Å²) in [5.41, 5.74) is 0. The molecule has 1 N–H and O–H groups in total. The van der Waals surface area contributed by atoms with E-state index in [-0.39, 0.29) is 5.91 Å². The van der Waals surface area contributed by atoms with Gasteiger partial charge in [-0.2, -0.15) is 0 Å². The van der Waals surface area contributed by atoms with Gasteiger partial charge in [0, 0.05) is 19.1 Å². The van der Waals surface area contributed by atoms with E-state index in [9.17, 15) is 4.79 Å². The molecule has 0 spiro atoms. The minimum atomic E-state index is 0.0954. The molecule has 1 saturated heterocycles. The Morgan fingerprint density at radius 3 is 2.76 bits per heavy atom. The molecule has 1 amide bonds. The van der Waals surface area contributed by atoms with Crippen molar-refractivity contribution in [3.8, 4) is 0 Å². The van der Waals surface area contributed by atoms with Crippen molar-refractivity contribution in [2.24, 2.45) is 0 Å². The number of rotatable bonds is 6. The SMILES string of the molecule is CCN1CCC(NC(=O)CN(C)Cc2ccc(Br)o2)CC1. The molecule has 1 aliphatic rings. The molecule has 0 aromatic carbocycles. The van der Waals surface area contributed by atoms with Crippen LogP contribution in [-0.4, -0.2) is 55.0 Å². The molecule has 0 radical (unpaired) electrons. The second-order valence-electron chi connectivity index (χ2n) is 5.65. The maximum atomic E-state index is 12.1. The predicted molar refractivity (Wildman–Crippen MR) is 86.0 cm³/mol. The fourth-order valence-electron chi connectivity index (χ4n) is 2.67. The van der Waals surface area contributed by atoms with E-state index in [1.54, 1.807) is 0 Å². The van der Waals surface area contributed by atoms with Gasteiger partial charge in [0.15, 0.2) is 4.67 Å². The lowest BCUT2D eigenvalue weighted by molar-refractivity contribution is -0.123. The fourth-order valence-corrected chi connectivity index (χ4v) is 3.01. The van der Waals surface area contributed by atoms with Crippen LogP contribution in [0.15, 0.2) is 21.2 Å². The molecule has 118 valence electrons. The summed E-state index contributed by atoms with van der Waals surface area (Å²) < 4.78 is 6.17. The van der Waals surface area contributed by atoms with Gasteiger partial charge in [-0.3, -0.25) is 9.69 Å². The third kappa shape index (κ3) is 5.45. The first-order valence-corrected chi connectivity index (χ1v) is 8.30. The zero-order valence-corrected chi connectivity index (χ0v) is 14.4. The number of carbonyl (C=O) groups excluding carboxylic acids is 1. The zero-order chi connectivity index (χ0) is 15.2. The lowest BCUT2D eigenvalue weighted by atomic mass is 10.1. The molecule has 0 atom stereocenters. The third-order valence-electron chi connectivity index (χ3n) is 3.87. The van der Waals surface area contributed by atoms with Gasteiger partial charge in [-0.05, 0) is 54.5 Å². The number of halogens is 1. The summed E-state index contributed by atoms with van der Waals surface area (Å²) >= 11 is 3.28. The van der Waals surface area contributed by atoms with Crippen molar-refractivity contribution in [1.82, 2.24) is 15.1 Å². The number of likely N-dealkylation sites (tertiary alicyclic amines) is 1. The number of piperidine rings is 1. The molecule has 1 aromatic heterocycles. The Kier molecular flexibility index (Phi) is 6.26. The van der Waals surface area contributed by atoms with Gasteiger partial charge >= 0.3 is 0 Å². The molecule has 2 rings (SSSR count). The van der Waals surface area contributed by atoms with E-state index < -0.39 is 0 Å². The van der Waals surface area contributed by atoms with Crippen molar-refractivity contribution in [3.05, 3.63) is 22.6 Å². The number of furan rings is 1. The Hall–Kier alpha value is -0.850. The first-order chi connectivity index (χ1) is 10.1. The van der Waals surface area contributed by atoms with E-state index in [1.165, 1.54) is 0 Å². The molecule has 0 bridgehead atoms. The van der Waals surface area contributed by atoms with Crippen molar-refractivity contribution in [2.45, 2.75) is 32.4 Å². The minimum absolute atomic E-state index is 0.0954. The maximum Gasteiger partial charge on any atom is 0.234 e. The Labute approximate surface area is 134 Å². The molecule has 5 nitrogen and oxygen atoms in total. The minimum Gasteiger partial charge on any atom is -0.453 e. The Bertz CT molecular complexity index is 456. The van der Waals surface area contributed by atoms with Gasteiger partial charge < -0.3 is 14.6 Å². The van der Waals surface area contributed by atoms with Crippen LogP contribution in [0, 0.1) is 0 Å². The van der Waals surface area contributed by atoms with E-state index in [0.29, 0.717) is 19.1 Å². The number of amides is 1. The quantitative estimate of drug-likeness (QED) is 0.846. The Balaban J connectivity index is 1.69. The molecular weight excluding hydrogens is 334 g/mol. The molecular formula is C15H24BrN3O2. The summed E-state index contributed by atoms with van der Waals surface area (Å²) in [4.78, 5) is 16.4. The lowest BCUT2D eigenvalue weighted by Crippen LogP contribution is -2.46. The highest BCUT2D eigenvalue weighted by Gasteiger charge is 2.20. The molecule has 0 unspecified atom stereocenters. The van der Waals surface area contributed by atoms with E-state index in [1.807, 2.05) is 24.1 Å². The standard InChI is InChI=1S/C15H24BrN3O2/c1-3-19-8-6-12(7-9-19)17-15(20)11-18(2)10-13-4-5-14(16)21-13/h4-5,12H,3,6-11H2,1-2H3,(H,17,20). The van der Waals surface area contributed by atoms with Crippen LogP contribution in [0.5, 0.6) is 0 Å². The number of likely N-dealkylation sites (N-methyl/N-ethyl adjacent to an activating group) is 1. The van der Waals surface area contributed by atoms with Crippen LogP contribution in [0.4, 0.5) is 0 Å². The largest absolute Gasteiger partial charge is 0.453 e. The predicted octanol–water partition coefficient (Wildman–Crippen LogP) is 2.07. The monoisotopic (exact) mass is 357 g/mol. The number of carbonyl (C=O) groups is 1. The first kappa shape index (κ1) is 16.5. The molecule has 1 fully saturated rings. The topological polar surface area (TPSA) is 48.7 Å². The third-order valence-corrected chi connectivity index (χ3v) is 4.29. The summed E-state index contributed by atoms with van der Waals surface area (Å²) in [6, 6.07) is 4.11. The van der Waals surface area contributed by atoms with Gasteiger partial charge in [0.2, 0.25) is 5.91 Å². The molecule has 21 heavy (non-hydrogen) atoms. The first-order valence-electron chi connectivity index (χ1n) is 7.51. The second-order valence-corrected chi connectivity index (χ2v) is 6.44. The highest BCUT2D eigenvalue weighted by molar-refractivity contribution is 9.10. The molecule has 0 aliphatic carbocycles. The summed E-state index contributed by atoms with van der Waals surface area (Å²) in [6.07, 6.45) is 2.10. The van der Waals surface area contributed by atoms with Crippen LogP contribution >= 0.6 is 15.9 Å². The number of nitrogens with one attached hydrogen (secondary N) is 1. The molecule has 1 aromatic rings. The average molecular weight is 358 g/mol. The van der Waals surface area contributed by atoms with E-state index in [2.05, 4.69) is 33.1 Å². The molecule has 6 heteroatoms. The molecule has 1 aliphatic heterocycles. The van der Waals surface area contributed by atoms with Gasteiger partial charge in [-0.15, -0.1) is 0 Å². The van der Waals surface area contributed by atoms with E-state index in [4.69, 9.17) is 4.42 Å². The van der Waals surface area contributed by atoms with Gasteiger partial charge in [0.25, 0.3) is 0 Å². The van der Waals surface area contributed by atoms with Crippen LogP contribution in [0.1, 0.15) is 25.5 Å². The maximum absolute atomic E-state index is 12.1. The lowest BCUT2D eigenvalue weighted by Gasteiger charge is -2.31. The van der Waals surface area contributed by atoms with Gasteiger partial charge in [-0.25, -0.2) is 0 Å². The number of hydrogen-bond donors (Lipinski definition) is 1. The van der Waals surface area contributed by atoms with Crippen LogP contribution < -0.4 is 5.32 Å². The number of hydrogen-bond acceptors (Lipinski definition) is 4. The van der Waals surface area contributed by atoms with Crippen LogP contribution in [0.3, 0.4) is 0 Å². The normalized spacial score (nSPS) is 17.3. The van der Waals surface area contributed by atoms with Crippen molar-refractivity contribution >= 4 is 21.8 Å². The average Bonchev–Trinajstić information content (AvgIpc) is 2.84. The van der Waals surface area contributed by atoms with Crippen molar-refractivity contribution in [2.75, 3.05) is 33.2 Å². The van der Waals surface area contributed by atoms with Crippen molar-refractivity contribution in [3.63, 3.8) is 0 Å². The second kappa shape index (κ2) is 7.96. The number of nitrogens with zero attached hydrogens (tertiary/aromatic N) is 2. The van der Waals surface area contributed by atoms with Crippen LogP contribution in [-0.2, 0) is 11.3 Å². The van der Waals surface area contributed by atoms with E-state index in [0.717, 1.165) is 42.9 Å². The van der Waals surface area contributed by atoms with Gasteiger partial charge in [-0.1, -0.05) is 6.92 Å². The fraction of sp³-hybridized carbons (Fsp3) is 0.667. The van der Waals surface area contributed by atoms with Crippen LogP contribution in [0.25, 0.3) is 0 Å². The summed E-state index contributed by atoms with van der Waals surface area (Å²) in [6.45, 7) is 6.47. The molecule has 2 heterocycles. The van der Waals surface area contributed by atoms with E-state index >= 15 is 0 Å². The zero-order valence-electron chi connectivity index (χ0n) is 12.8. The van der Waals surface area contributed by atoms with Crippen molar-refractivity contribution < 1.29 is 9.21 Å². The van der Waals surface area contributed by atoms with Crippen molar-refractivity contribution in [1.29, 1.82) is 0 Å². The summed E-state index contributed by atoms with van der Waals surface area (Å²) in [5.74, 6) is 0.950. The van der Waals surface area contributed by atoms with Gasteiger partial charge in [0.05, 0.1) is 13.1 Å². The summed E-state index contributed by atoms with van der Waals surface area (Å²) in [5, 5.41) is 3.14. The molecule has 0 saturated carbocycles.